The minimum atomic E-state index is -0.395. The van der Waals surface area contributed by atoms with Gasteiger partial charge >= 0.3 is 5.97 Å². The molecule has 0 aromatic heterocycles. The Hall–Kier alpha value is -1.88. The Morgan fingerprint density at radius 1 is 1.23 bits per heavy atom. The van der Waals surface area contributed by atoms with Crippen LogP contribution in [0.3, 0.4) is 0 Å². The summed E-state index contributed by atoms with van der Waals surface area (Å²) >= 11 is 0. The van der Waals surface area contributed by atoms with Crippen LogP contribution in [-0.2, 0) is 25.5 Å². The molecular weight excluding hydrogens is 282 g/mol. The van der Waals surface area contributed by atoms with E-state index >= 15 is 0 Å². The van der Waals surface area contributed by atoms with Gasteiger partial charge in [0, 0.05) is 13.7 Å². The lowest BCUT2D eigenvalue weighted by atomic mass is 10.0. The zero-order chi connectivity index (χ0) is 16.5. The van der Waals surface area contributed by atoms with E-state index in [2.05, 4.69) is 0 Å². The Balaban J connectivity index is 2.77. The highest BCUT2D eigenvalue weighted by Gasteiger charge is 2.18. The molecule has 0 fully saturated rings. The first kappa shape index (κ1) is 18.2. The van der Waals surface area contributed by atoms with Gasteiger partial charge in [-0.15, -0.1) is 0 Å². The summed E-state index contributed by atoms with van der Waals surface area (Å²) in [4.78, 5) is 25.6. The van der Waals surface area contributed by atoms with Gasteiger partial charge in [-0.2, -0.15) is 0 Å². The molecule has 0 N–H and O–H groups in total. The molecule has 0 radical (unpaired) electrons. The number of benzene rings is 1. The number of carbonyl (C=O) groups is 2. The Labute approximate surface area is 132 Å². The number of carbonyl (C=O) groups excluding carboxylic acids is 2. The van der Waals surface area contributed by atoms with Gasteiger partial charge in [0.05, 0.1) is 19.6 Å². The number of esters is 1. The molecule has 1 rings (SSSR count). The van der Waals surface area contributed by atoms with E-state index in [4.69, 9.17) is 9.47 Å². The Bertz CT molecular complexity index is 513. The Kier molecular flexibility index (Phi) is 7.60. The van der Waals surface area contributed by atoms with Crippen LogP contribution in [0.4, 0.5) is 0 Å². The molecule has 0 heterocycles. The van der Waals surface area contributed by atoms with E-state index in [-0.39, 0.29) is 18.9 Å². The molecule has 0 saturated heterocycles. The average Bonchev–Trinajstić information content (AvgIpc) is 2.47. The fourth-order valence-corrected chi connectivity index (χ4v) is 2.12. The van der Waals surface area contributed by atoms with Crippen LogP contribution in [0.2, 0.25) is 0 Å². The second-order valence-electron chi connectivity index (χ2n) is 5.22. The SMILES string of the molecule is CCOC(=O)CN(CCOC)C(=O)Cc1cc(C)ccc1C. The van der Waals surface area contributed by atoms with Crippen molar-refractivity contribution in [1.29, 1.82) is 0 Å². The van der Waals surface area contributed by atoms with E-state index in [1.54, 1.807) is 14.0 Å². The van der Waals surface area contributed by atoms with Gasteiger partial charge in [0.2, 0.25) is 5.91 Å². The third kappa shape index (κ3) is 5.85. The van der Waals surface area contributed by atoms with E-state index in [9.17, 15) is 9.59 Å². The van der Waals surface area contributed by atoms with Gasteiger partial charge in [-0.1, -0.05) is 23.8 Å². The first-order valence-electron chi connectivity index (χ1n) is 7.46. The monoisotopic (exact) mass is 307 g/mol. The van der Waals surface area contributed by atoms with Crippen LogP contribution in [0.25, 0.3) is 0 Å². The molecule has 0 bridgehead atoms. The van der Waals surface area contributed by atoms with Crippen molar-refractivity contribution in [1.82, 2.24) is 4.90 Å². The van der Waals surface area contributed by atoms with Crippen molar-refractivity contribution in [2.24, 2.45) is 0 Å². The summed E-state index contributed by atoms with van der Waals surface area (Å²) in [5.41, 5.74) is 3.17. The molecular formula is C17H25NO4. The van der Waals surface area contributed by atoms with Crippen molar-refractivity contribution in [2.45, 2.75) is 27.2 Å². The molecule has 22 heavy (non-hydrogen) atoms. The molecule has 0 aliphatic heterocycles. The zero-order valence-electron chi connectivity index (χ0n) is 13.8. The standard InChI is InChI=1S/C17H25NO4/c1-5-22-17(20)12-18(8-9-21-4)16(19)11-15-10-13(2)6-7-14(15)3/h6-7,10H,5,8-9,11-12H2,1-4H3. The maximum Gasteiger partial charge on any atom is 0.325 e. The maximum atomic E-state index is 12.5. The van der Waals surface area contributed by atoms with Gasteiger partial charge in [-0.3, -0.25) is 9.59 Å². The third-order valence-electron chi connectivity index (χ3n) is 3.39. The van der Waals surface area contributed by atoms with Crippen molar-refractivity contribution < 1.29 is 19.1 Å². The van der Waals surface area contributed by atoms with Crippen LogP contribution >= 0.6 is 0 Å². The summed E-state index contributed by atoms with van der Waals surface area (Å²) in [6, 6.07) is 6.03. The molecule has 0 unspecified atom stereocenters. The lowest BCUT2D eigenvalue weighted by Gasteiger charge is -2.22. The average molecular weight is 307 g/mol. The Morgan fingerprint density at radius 3 is 2.59 bits per heavy atom. The summed E-state index contributed by atoms with van der Waals surface area (Å²) in [5.74, 6) is -0.494. The molecule has 0 saturated carbocycles. The zero-order valence-corrected chi connectivity index (χ0v) is 13.8. The van der Waals surface area contributed by atoms with Crippen molar-refractivity contribution in [3.8, 4) is 0 Å². The first-order chi connectivity index (χ1) is 10.5. The van der Waals surface area contributed by atoms with Crippen molar-refractivity contribution in [3.63, 3.8) is 0 Å². The van der Waals surface area contributed by atoms with Crippen molar-refractivity contribution in [3.05, 3.63) is 34.9 Å². The van der Waals surface area contributed by atoms with Crippen molar-refractivity contribution >= 4 is 11.9 Å². The summed E-state index contributed by atoms with van der Waals surface area (Å²) in [7, 11) is 1.57. The number of hydrogen-bond donors (Lipinski definition) is 0. The Morgan fingerprint density at radius 2 is 1.95 bits per heavy atom. The quantitative estimate of drug-likeness (QED) is 0.688. The molecule has 1 aromatic rings. The number of rotatable bonds is 8. The highest BCUT2D eigenvalue weighted by Crippen LogP contribution is 2.12. The van der Waals surface area contributed by atoms with Crippen LogP contribution in [0.5, 0.6) is 0 Å². The number of amides is 1. The number of methoxy groups -OCH3 is 1. The molecule has 1 amide bonds. The van der Waals surface area contributed by atoms with E-state index in [0.717, 1.165) is 16.7 Å². The second-order valence-corrected chi connectivity index (χ2v) is 5.22. The highest BCUT2D eigenvalue weighted by atomic mass is 16.5. The fourth-order valence-electron chi connectivity index (χ4n) is 2.12. The summed E-state index contributed by atoms with van der Waals surface area (Å²) in [6.07, 6.45) is 0.274. The number of hydrogen-bond acceptors (Lipinski definition) is 4. The number of nitrogens with zero attached hydrogens (tertiary/aromatic N) is 1. The van der Waals surface area contributed by atoms with Gasteiger partial charge < -0.3 is 14.4 Å². The van der Waals surface area contributed by atoms with E-state index in [1.807, 2.05) is 32.0 Å². The summed E-state index contributed by atoms with van der Waals surface area (Å²) < 4.78 is 9.93. The van der Waals surface area contributed by atoms with Crippen molar-refractivity contribution in [2.75, 3.05) is 33.4 Å². The minimum absolute atomic E-state index is 0.0408. The van der Waals surface area contributed by atoms with E-state index in [1.165, 1.54) is 4.90 Å². The van der Waals surface area contributed by atoms with Crippen LogP contribution < -0.4 is 0 Å². The second kappa shape index (κ2) is 9.20. The number of ether oxygens (including phenoxy) is 2. The molecule has 0 aliphatic rings. The van der Waals surface area contributed by atoms with Crippen LogP contribution in [0.15, 0.2) is 18.2 Å². The molecule has 1 aromatic carbocycles. The predicted octanol–water partition coefficient (Wildman–Crippen LogP) is 1.88. The summed E-state index contributed by atoms with van der Waals surface area (Å²) in [6.45, 7) is 6.75. The predicted molar refractivity (Wildman–Crippen MR) is 84.7 cm³/mol. The summed E-state index contributed by atoms with van der Waals surface area (Å²) in [5, 5.41) is 0. The molecule has 5 heteroatoms. The third-order valence-corrected chi connectivity index (χ3v) is 3.39. The topological polar surface area (TPSA) is 55.8 Å². The highest BCUT2D eigenvalue weighted by molar-refractivity contribution is 5.83. The molecule has 122 valence electrons. The van der Waals surface area contributed by atoms with Crippen LogP contribution in [0, 0.1) is 13.8 Å². The molecule has 5 nitrogen and oxygen atoms in total. The molecule has 0 atom stereocenters. The van der Waals surface area contributed by atoms with E-state index in [0.29, 0.717) is 19.8 Å². The normalized spacial score (nSPS) is 10.4. The van der Waals surface area contributed by atoms with Gasteiger partial charge in [-0.05, 0) is 31.9 Å². The number of aryl methyl sites for hydroxylation is 2. The maximum absolute atomic E-state index is 12.5. The van der Waals surface area contributed by atoms with Crippen LogP contribution in [0.1, 0.15) is 23.6 Å². The van der Waals surface area contributed by atoms with Crippen LogP contribution in [-0.4, -0.2) is 50.2 Å². The van der Waals surface area contributed by atoms with Gasteiger partial charge in [0.1, 0.15) is 6.54 Å². The largest absolute Gasteiger partial charge is 0.465 e. The molecule has 0 spiro atoms. The first-order valence-corrected chi connectivity index (χ1v) is 7.46. The minimum Gasteiger partial charge on any atom is -0.465 e. The van der Waals surface area contributed by atoms with Gasteiger partial charge in [0.25, 0.3) is 0 Å². The fraction of sp³-hybridized carbons (Fsp3) is 0.529. The lowest BCUT2D eigenvalue weighted by Crippen LogP contribution is -2.39. The molecule has 0 aliphatic carbocycles. The van der Waals surface area contributed by atoms with E-state index < -0.39 is 5.97 Å². The lowest BCUT2D eigenvalue weighted by molar-refractivity contribution is -0.149. The smallest absolute Gasteiger partial charge is 0.325 e. The van der Waals surface area contributed by atoms with Gasteiger partial charge in [0.15, 0.2) is 0 Å². The van der Waals surface area contributed by atoms with Gasteiger partial charge in [-0.25, -0.2) is 0 Å².